The van der Waals surface area contributed by atoms with Gasteiger partial charge in [-0.15, -0.1) is 0 Å². The Labute approximate surface area is 137 Å². The molecule has 3 rings (SSSR count). The van der Waals surface area contributed by atoms with E-state index in [0.29, 0.717) is 18.2 Å². The molecular formula is C19H24N2O2. The van der Waals surface area contributed by atoms with Gasteiger partial charge in [0, 0.05) is 12.1 Å². The van der Waals surface area contributed by atoms with Gasteiger partial charge in [-0.05, 0) is 56.0 Å². The Hall–Kier alpha value is -2.07. The minimum absolute atomic E-state index is 0.132. The van der Waals surface area contributed by atoms with E-state index in [0.717, 1.165) is 37.3 Å². The van der Waals surface area contributed by atoms with Gasteiger partial charge in [-0.2, -0.15) is 0 Å². The smallest absolute Gasteiger partial charge is 0.287 e. The quantitative estimate of drug-likeness (QED) is 0.861. The lowest BCUT2D eigenvalue weighted by Crippen LogP contribution is -2.26. The fourth-order valence-corrected chi connectivity index (χ4v) is 2.96. The molecule has 122 valence electrons. The zero-order chi connectivity index (χ0) is 16.1. The molecule has 1 aromatic carbocycles. The summed E-state index contributed by atoms with van der Waals surface area (Å²) < 4.78 is 5.70. The minimum Gasteiger partial charge on any atom is -0.451 e. The third-order valence-corrected chi connectivity index (χ3v) is 4.48. The third kappa shape index (κ3) is 4.02. The number of furan rings is 1. The molecule has 4 heteroatoms. The number of carbonyl (C=O) groups excluding carboxylic acids is 1. The Balaban J connectivity index is 1.55. The molecule has 1 aromatic heterocycles. The highest BCUT2D eigenvalue weighted by Crippen LogP contribution is 2.22. The largest absolute Gasteiger partial charge is 0.451 e. The van der Waals surface area contributed by atoms with E-state index >= 15 is 0 Å². The van der Waals surface area contributed by atoms with Crippen LogP contribution < -0.4 is 10.6 Å². The molecule has 2 aromatic rings. The van der Waals surface area contributed by atoms with Crippen molar-refractivity contribution in [3.8, 4) is 11.3 Å². The van der Waals surface area contributed by atoms with Crippen LogP contribution in [-0.2, 0) is 6.42 Å². The average molecular weight is 312 g/mol. The van der Waals surface area contributed by atoms with Gasteiger partial charge in [0.25, 0.3) is 5.91 Å². The molecule has 1 saturated heterocycles. The molecule has 0 saturated carbocycles. The first-order valence-corrected chi connectivity index (χ1v) is 8.44. The van der Waals surface area contributed by atoms with Gasteiger partial charge >= 0.3 is 0 Å². The highest BCUT2D eigenvalue weighted by atomic mass is 16.3. The topological polar surface area (TPSA) is 54.3 Å². The maximum absolute atomic E-state index is 12.1. The number of aryl methyl sites for hydroxylation is 1. The highest BCUT2D eigenvalue weighted by molar-refractivity contribution is 5.92. The van der Waals surface area contributed by atoms with Gasteiger partial charge in [0.15, 0.2) is 5.76 Å². The summed E-state index contributed by atoms with van der Waals surface area (Å²) in [6, 6.07) is 11.9. The zero-order valence-corrected chi connectivity index (χ0v) is 13.6. The number of rotatable bonds is 6. The summed E-state index contributed by atoms with van der Waals surface area (Å²) in [6.07, 6.45) is 3.24. The Morgan fingerprint density at radius 2 is 2.09 bits per heavy atom. The van der Waals surface area contributed by atoms with Crippen molar-refractivity contribution in [2.45, 2.75) is 26.2 Å². The summed E-state index contributed by atoms with van der Waals surface area (Å²) in [4.78, 5) is 12.1. The van der Waals surface area contributed by atoms with Crippen LogP contribution in [0.4, 0.5) is 0 Å². The summed E-state index contributed by atoms with van der Waals surface area (Å²) in [5.74, 6) is 1.66. The van der Waals surface area contributed by atoms with Gasteiger partial charge in [-0.1, -0.05) is 31.2 Å². The summed E-state index contributed by atoms with van der Waals surface area (Å²) in [6.45, 7) is 4.99. The van der Waals surface area contributed by atoms with Crippen molar-refractivity contribution in [2.75, 3.05) is 19.6 Å². The van der Waals surface area contributed by atoms with Crippen LogP contribution in [0.5, 0.6) is 0 Å². The van der Waals surface area contributed by atoms with E-state index in [1.807, 2.05) is 18.2 Å². The molecule has 1 atom stereocenters. The second-order valence-corrected chi connectivity index (χ2v) is 6.12. The summed E-state index contributed by atoms with van der Waals surface area (Å²) >= 11 is 0. The number of nitrogens with one attached hydrogen (secondary N) is 2. The van der Waals surface area contributed by atoms with Crippen molar-refractivity contribution in [3.05, 3.63) is 47.7 Å². The molecule has 4 nitrogen and oxygen atoms in total. The number of hydrogen-bond donors (Lipinski definition) is 2. The van der Waals surface area contributed by atoms with Crippen molar-refractivity contribution in [1.82, 2.24) is 10.6 Å². The van der Waals surface area contributed by atoms with Crippen molar-refractivity contribution < 1.29 is 9.21 Å². The lowest BCUT2D eigenvalue weighted by molar-refractivity contribution is 0.0925. The molecule has 2 N–H and O–H groups in total. The Kier molecular flexibility index (Phi) is 5.13. The number of carbonyl (C=O) groups is 1. The van der Waals surface area contributed by atoms with Gasteiger partial charge in [0.2, 0.25) is 0 Å². The maximum atomic E-state index is 12.1. The Morgan fingerprint density at radius 3 is 2.78 bits per heavy atom. The normalized spacial score (nSPS) is 17.3. The van der Waals surface area contributed by atoms with E-state index in [1.54, 1.807) is 6.07 Å². The predicted molar refractivity (Wildman–Crippen MR) is 91.4 cm³/mol. The maximum Gasteiger partial charge on any atom is 0.287 e. The van der Waals surface area contributed by atoms with Crippen molar-refractivity contribution in [2.24, 2.45) is 5.92 Å². The van der Waals surface area contributed by atoms with Crippen LogP contribution in [0.2, 0.25) is 0 Å². The molecule has 1 aliphatic rings. The van der Waals surface area contributed by atoms with Gasteiger partial charge in [0.05, 0.1) is 0 Å². The molecule has 0 aliphatic carbocycles. The molecule has 23 heavy (non-hydrogen) atoms. The summed E-state index contributed by atoms with van der Waals surface area (Å²) in [7, 11) is 0. The molecule has 1 unspecified atom stereocenters. The molecule has 1 amide bonds. The second kappa shape index (κ2) is 7.47. The first kappa shape index (κ1) is 15.8. The number of amides is 1. The fourth-order valence-electron chi connectivity index (χ4n) is 2.96. The molecule has 1 aliphatic heterocycles. The standard InChI is InChI=1S/C19H24N2O2/c1-2-14-3-5-16(6-4-14)17-7-8-18(23-17)19(22)21-12-10-15-9-11-20-13-15/h3-8,15,20H,2,9-13H2,1H3,(H,21,22). The number of benzene rings is 1. The van der Waals surface area contributed by atoms with E-state index in [4.69, 9.17) is 4.42 Å². The van der Waals surface area contributed by atoms with E-state index in [9.17, 15) is 4.79 Å². The van der Waals surface area contributed by atoms with Crippen LogP contribution in [0.3, 0.4) is 0 Å². The lowest BCUT2D eigenvalue weighted by Gasteiger charge is -2.08. The van der Waals surface area contributed by atoms with Crippen LogP contribution in [0.1, 0.15) is 35.9 Å². The molecule has 0 bridgehead atoms. The summed E-state index contributed by atoms with van der Waals surface area (Å²) in [5.41, 5.74) is 2.29. The minimum atomic E-state index is -0.132. The second-order valence-electron chi connectivity index (χ2n) is 6.12. The molecule has 0 spiro atoms. The molecule has 2 heterocycles. The summed E-state index contributed by atoms with van der Waals surface area (Å²) in [5, 5.41) is 6.29. The van der Waals surface area contributed by atoms with E-state index in [1.165, 1.54) is 12.0 Å². The first-order chi connectivity index (χ1) is 11.3. The van der Waals surface area contributed by atoms with E-state index in [2.05, 4.69) is 29.7 Å². The third-order valence-electron chi connectivity index (χ3n) is 4.48. The fraction of sp³-hybridized carbons (Fsp3) is 0.421. The van der Waals surface area contributed by atoms with Crippen molar-refractivity contribution in [1.29, 1.82) is 0 Å². The van der Waals surface area contributed by atoms with Crippen LogP contribution in [0, 0.1) is 5.92 Å². The Morgan fingerprint density at radius 1 is 1.26 bits per heavy atom. The van der Waals surface area contributed by atoms with Gasteiger partial charge in [-0.25, -0.2) is 0 Å². The number of hydrogen-bond acceptors (Lipinski definition) is 3. The van der Waals surface area contributed by atoms with E-state index in [-0.39, 0.29) is 5.91 Å². The monoisotopic (exact) mass is 312 g/mol. The van der Waals surface area contributed by atoms with Gasteiger partial charge < -0.3 is 15.1 Å². The predicted octanol–water partition coefficient (Wildman–Crippen LogP) is 3.24. The van der Waals surface area contributed by atoms with Crippen molar-refractivity contribution in [3.63, 3.8) is 0 Å². The zero-order valence-electron chi connectivity index (χ0n) is 13.6. The lowest BCUT2D eigenvalue weighted by atomic mass is 10.1. The SMILES string of the molecule is CCc1ccc(-c2ccc(C(=O)NCCC3CCNC3)o2)cc1. The van der Waals surface area contributed by atoms with Crippen LogP contribution >= 0.6 is 0 Å². The average Bonchev–Trinajstić information content (AvgIpc) is 3.26. The van der Waals surface area contributed by atoms with E-state index < -0.39 is 0 Å². The molecular weight excluding hydrogens is 288 g/mol. The van der Waals surface area contributed by atoms with Crippen molar-refractivity contribution >= 4 is 5.91 Å². The van der Waals surface area contributed by atoms with Crippen LogP contribution in [0.25, 0.3) is 11.3 Å². The molecule has 0 radical (unpaired) electrons. The Bertz CT molecular complexity index is 640. The van der Waals surface area contributed by atoms with Gasteiger partial charge in [-0.3, -0.25) is 4.79 Å². The van der Waals surface area contributed by atoms with Crippen LogP contribution in [0.15, 0.2) is 40.8 Å². The van der Waals surface area contributed by atoms with Gasteiger partial charge in [0.1, 0.15) is 5.76 Å². The van der Waals surface area contributed by atoms with Crippen LogP contribution in [-0.4, -0.2) is 25.5 Å². The first-order valence-electron chi connectivity index (χ1n) is 8.44. The highest BCUT2D eigenvalue weighted by Gasteiger charge is 2.16. The molecule has 1 fully saturated rings.